The zero-order valence-electron chi connectivity index (χ0n) is 17.1. The number of carbonyl (C=O) groups is 2. The number of amides is 1. The van der Waals surface area contributed by atoms with Crippen molar-refractivity contribution in [3.63, 3.8) is 0 Å². The first-order valence-corrected chi connectivity index (χ1v) is 10.3. The van der Waals surface area contributed by atoms with Crippen LogP contribution in [-0.4, -0.2) is 32.0 Å². The van der Waals surface area contributed by atoms with E-state index in [1.165, 1.54) is 25.5 Å². The zero-order valence-corrected chi connectivity index (χ0v) is 18.6. The van der Waals surface area contributed by atoms with Crippen molar-refractivity contribution < 1.29 is 28.5 Å². The first kappa shape index (κ1) is 22.4. The van der Waals surface area contributed by atoms with E-state index in [2.05, 4.69) is 10.5 Å². The molecule has 33 heavy (non-hydrogen) atoms. The van der Waals surface area contributed by atoms with Crippen LogP contribution in [0.5, 0.6) is 23.0 Å². The molecule has 1 heterocycles. The van der Waals surface area contributed by atoms with Gasteiger partial charge in [0.25, 0.3) is 5.91 Å². The number of nitrogens with one attached hydrogen (secondary N) is 1. The number of benzene rings is 3. The van der Waals surface area contributed by atoms with Gasteiger partial charge in [-0.3, -0.25) is 4.79 Å². The SMILES string of the molecule is COc1cc(/C=N/NC(=O)c2ccc3c(c2)OCO3)ccc1OC(=O)c1ccc(Cl)cc1Cl. The summed E-state index contributed by atoms with van der Waals surface area (Å²) in [6, 6.07) is 14.1. The largest absolute Gasteiger partial charge is 0.493 e. The summed E-state index contributed by atoms with van der Waals surface area (Å²) in [5.74, 6) is 0.492. The van der Waals surface area contributed by atoms with E-state index in [1.807, 2.05) is 0 Å². The molecule has 0 fully saturated rings. The van der Waals surface area contributed by atoms with Gasteiger partial charge in [-0.1, -0.05) is 23.2 Å². The fourth-order valence-corrected chi connectivity index (χ4v) is 3.41. The molecule has 0 aliphatic carbocycles. The maximum absolute atomic E-state index is 12.5. The minimum atomic E-state index is -0.660. The molecule has 0 unspecified atom stereocenters. The molecule has 8 nitrogen and oxygen atoms in total. The molecule has 4 rings (SSSR count). The summed E-state index contributed by atoms with van der Waals surface area (Å²) in [7, 11) is 1.43. The molecule has 0 bridgehead atoms. The quantitative estimate of drug-likeness (QED) is 0.234. The Hall–Kier alpha value is -3.75. The van der Waals surface area contributed by atoms with E-state index < -0.39 is 11.9 Å². The number of hydrazone groups is 1. The molecular weight excluding hydrogens is 471 g/mol. The van der Waals surface area contributed by atoms with Crippen molar-refractivity contribution >= 4 is 41.3 Å². The highest BCUT2D eigenvalue weighted by Gasteiger charge is 2.17. The average molecular weight is 487 g/mol. The van der Waals surface area contributed by atoms with E-state index in [0.717, 1.165) is 0 Å². The first-order valence-electron chi connectivity index (χ1n) is 9.53. The minimum absolute atomic E-state index is 0.123. The molecule has 0 atom stereocenters. The minimum Gasteiger partial charge on any atom is -0.493 e. The van der Waals surface area contributed by atoms with Crippen molar-refractivity contribution in [2.75, 3.05) is 13.9 Å². The standard InChI is InChI=1S/C23H16Cl2N2O6/c1-30-20-8-13(2-6-19(20)33-23(29)16-5-4-15(24)10-17(16)25)11-26-27-22(28)14-3-7-18-21(9-14)32-12-31-18/h2-11H,12H2,1H3,(H,27,28)/b26-11+. The Morgan fingerprint density at radius 3 is 2.61 bits per heavy atom. The molecule has 1 aliphatic rings. The Morgan fingerprint density at radius 1 is 1.00 bits per heavy atom. The summed E-state index contributed by atoms with van der Waals surface area (Å²) in [6.07, 6.45) is 1.43. The Morgan fingerprint density at radius 2 is 1.82 bits per heavy atom. The van der Waals surface area contributed by atoms with Crippen LogP contribution in [0.4, 0.5) is 0 Å². The van der Waals surface area contributed by atoms with Crippen LogP contribution in [0.2, 0.25) is 10.0 Å². The van der Waals surface area contributed by atoms with Gasteiger partial charge in [-0.25, -0.2) is 10.2 Å². The maximum Gasteiger partial charge on any atom is 0.345 e. The van der Waals surface area contributed by atoms with E-state index in [4.69, 9.17) is 42.1 Å². The third-order valence-electron chi connectivity index (χ3n) is 4.56. The van der Waals surface area contributed by atoms with Crippen LogP contribution in [0.25, 0.3) is 0 Å². The average Bonchev–Trinajstić information content (AvgIpc) is 3.27. The Bertz CT molecular complexity index is 1260. The van der Waals surface area contributed by atoms with E-state index in [9.17, 15) is 9.59 Å². The number of nitrogens with zero attached hydrogens (tertiary/aromatic N) is 1. The lowest BCUT2D eigenvalue weighted by Gasteiger charge is -2.10. The number of hydrogen-bond acceptors (Lipinski definition) is 7. The fourth-order valence-electron chi connectivity index (χ4n) is 2.93. The second-order valence-electron chi connectivity index (χ2n) is 6.69. The van der Waals surface area contributed by atoms with Gasteiger partial charge in [-0.2, -0.15) is 5.10 Å². The Labute approximate surface area is 198 Å². The van der Waals surface area contributed by atoms with Gasteiger partial charge in [0.2, 0.25) is 6.79 Å². The molecule has 0 aromatic heterocycles. The summed E-state index contributed by atoms with van der Waals surface area (Å²) in [5, 5.41) is 4.54. The molecule has 0 saturated heterocycles. The van der Waals surface area contributed by atoms with E-state index >= 15 is 0 Å². The Kier molecular flexibility index (Phi) is 6.67. The van der Waals surface area contributed by atoms with Crippen LogP contribution >= 0.6 is 23.2 Å². The number of carbonyl (C=O) groups excluding carboxylic acids is 2. The monoisotopic (exact) mass is 486 g/mol. The molecule has 0 spiro atoms. The number of hydrogen-bond donors (Lipinski definition) is 1. The molecule has 3 aromatic carbocycles. The van der Waals surface area contributed by atoms with Gasteiger partial charge in [0, 0.05) is 10.6 Å². The van der Waals surface area contributed by atoms with E-state index in [1.54, 1.807) is 42.5 Å². The fraction of sp³-hybridized carbons (Fsp3) is 0.0870. The van der Waals surface area contributed by atoms with Gasteiger partial charge < -0.3 is 18.9 Å². The lowest BCUT2D eigenvalue weighted by molar-refractivity contribution is 0.0729. The summed E-state index contributed by atoms with van der Waals surface area (Å²) >= 11 is 11.9. The predicted octanol–water partition coefficient (Wildman–Crippen LogP) is 4.71. The van der Waals surface area contributed by atoms with Gasteiger partial charge in [-0.15, -0.1) is 0 Å². The molecule has 3 aromatic rings. The van der Waals surface area contributed by atoms with Crippen LogP contribution < -0.4 is 24.4 Å². The highest BCUT2D eigenvalue weighted by molar-refractivity contribution is 6.36. The third-order valence-corrected chi connectivity index (χ3v) is 5.10. The number of halogens is 2. The summed E-state index contributed by atoms with van der Waals surface area (Å²) < 4.78 is 21.2. The highest BCUT2D eigenvalue weighted by atomic mass is 35.5. The lowest BCUT2D eigenvalue weighted by atomic mass is 10.2. The van der Waals surface area contributed by atoms with Crippen molar-refractivity contribution in [3.05, 3.63) is 81.3 Å². The van der Waals surface area contributed by atoms with Crippen LogP contribution in [0.1, 0.15) is 26.3 Å². The van der Waals surface area contributed by atoms with Crippen molar-refractivity contribution in [1.29, 1.82) is 0 Å². The van der Waals surface area contributed by atoms with E-state index in [0.29, 0.717) is 33.4 Å². The summed E-state index contributed by atoms with van der Waals surface area (Å²) in [6.45, 7) is 0.123. The molecular formula is C23H16Cl2N2O6. The normalized spacial score (nSPS) is 12.0. The van der Waals surface area contributed by atoms with Gasteiger partial charge in [-0.05, 0) is 60.2 Å². The number of rotatable bonds is 6. The number of ether oxygens (including phenoxy) is 4. The van der Waals surface area contributed by atoms with Gasteiger partial charge in [0.1, 0.15) is 0 Å². The first-order chi connectivity index (χ1) is 15.9. The van der Waals surface area contributed by atoms with Crippen LogP contribution in [-0.2, 0) is 0 Å². The van der Waals surface area contributed by atoms with Crippen molar-refractivity contribution in [2.45, 2.75) is 0 Å². The van der Waals surface area contributed by atoms with Crippen molar-refractivity contribution in [1.82, 2.24) is 5.43 Å². The molecule has 1 amide bonds. The molecule has 168 valence electrons. The number of esters is 1. The summed E-state index contributed by atoms with van der Waals surface area (Å²) in [4.78, 5) is 24.7. The maximum atomic E-state index is 12.5. The second-order valence-corrected chi connectivity index (χ2v) is 7.53. The lowest BCUT2D eigenvalue weighted by Crippen LogP contribution is -2.17. The predicted molar refractivity (Wildman–Crippen MR) is 122 cm³/mol. The summed E-state index contributed by atoms with van der Waals surface area (Å²) in [5.41, 5.74) is 3.58. The van der Waals surface area contributed by atoms with E-state index in [-0.39, 0.29) is 23.1 Å². The number of methoxy groups -OCH3 is 1. The van der Waals surface area contributed by atoms with Gasteiger partial charge in [0.15, 0.2) is 23.0 Å². The van der Waals surface area contributed by atoms with Crippen LogP contribution in [0.15, 0.2) is 59.7 Å². The molecule has 10 heteroatoms. The molecule has 0 saturated carbocycles. The molecule has 1 aliphatic heterocycles. The van der Waals surface area contributed by atoms with Crippen LogP contribution in [0, 0.1) is 0 Å². The van der Waals surface area contributed by atoms with Crippen molar-refractivity contribution in [3.8, 4) is 23.0 Å². The molecule has 0 radical (unpaired) electrons. The van der Waals surface area contributed by atoms with Crippen LogP contribution in [0.3, 0.4) is 0 Å². The highest BCUT2D eigenvalue weighted by Crippen LogP contribution is 2.32. The van der Waals surface area contributed by atoms with Gasteiger partial charge >= 0.3 is 5.97 Å². The second kappa shape index (κ2) is 9.81. The van der Waals surface area contributed by atoms with Crippen molar-refractivity contribution in [2.24, 2.45) is 5.10 Å². The molecule has 1 N–H and O–H groups in total. The van der Waals surface area contributed by atoms with Gasteiger partial charge in [0.05, 0.1) is 23.9 Å². The Balaban J connectivity index is 1.42. The number of fused-ring (bicyclic) bond motifs is 1. The smallest absolute Gasteiger partial charge is 0.345 e. The topological polar surface area (TPSA) is 95.5 Å². The zero-order chi connectivity index (χ0) is 23.4. The third kappa shape index (κ3) is 5.19.